The summed E-state index contributed by atoms with van der Waals surface area (Å²) in [7, 11) is 0. The van der Waals surface area contributed by atoms with Crippen molar-refractivity contribution in [2.45, 2.75) is 50.6 Å². The number of aliphatic imine (C=N–C) groups is 1. The Labute approximate surface area is 192 Å². The fourth-order valence-electron chi connectivity index (χ4n) is 4.07. The van der Waals surface area contributed by atoms with Crippen LogP contribution in [0.15, 0.2) is 29.3 Å². The zero-order chi connectivity index (χ0) is 21.1. The summed E-state index contributed by atoms with van der Waals surface area (Å²) < 4.78 is 39.3. The molecule has 3 N–H and O–H groups in total. The van der Waals surface area contributed by atoms with Crippen LogP contribution >= 0.6 is 24.0 Å². The molecule has 1 unspecified atom stereocenters. The number of amides is 1. The van der Waals surface area contributed by atoms with Crippen LogP contribution in [0.2, 0.25) is 0 Å². The molecule has 30 heavy (non-hydrogen) atoms. The standard InChI is InChI=1S/C21H29F3N4O.HI/c1-2-26-19(28-10-4-5-15(13-28)11-18(25)29)27-14-20(8-9-20)16-6-3-7-17(12-16)21(22,23)24;/h3,6-7,12,15H,2,4-5,8-11,13-14H2,1H3,(H2,25,29)(H,26,27);1H. The van der Waals surface area contributed by atoms with Crippen LogP contribution in [0.25, 0.3) is 0 Å². The van der Waals surface area contributed by atoms with E-state index in [1.54, 1.807) is 6.07 Å². The van der Waals surface area contributed by atoms with Gasteiger partial charge in [-0.05, 0) is 50.2 Å². The summed E-state index contributed by atoms with van der Waals surface area (Å²) in [5, 5.41) is 3.29. The molecule has 5 nitrogen and oxygen atoms in total. The maximum Gasteiger partial charge on any atom is 0.416 e. The summed E-state index contributed by atoms with van der Waals surface area (Å²) in [5.41, 5.74) is 5.13. The van der Waals surface area contributed by atoms with Gasteiger partial charge < -0.3 is 16.0 Å². The lowest BCUT2D eigenvalue weighted by Gasteiger charge is -2.35. The van der Waals surface area contributed by atoms with Crippen molar-refractivity contribution in [3.63, 3.8) is 0 Å². The van der Waals surface area contributed by atoms with Gasteiger partial charge in [0.25, 0.3) is 0 Å². The Kier molecular flexibility index (Phi) is 8.41. The van der Waals surface area contributed by atoms with Crippen LogP contribution < -0.4 is 11.1 Å². The highest BCUT2D eigenvalue weighted by atomic mass is 127. The van der Waals surface area contributed by atoms with Crippen molar-refractivity contribution in [3.8, 4) is 0 Å². The number of nitrogens with zero attached hydrogens (tertiary/aromatic N) is 2. The van der Waals surface area contributed by atoms with Gasteiger partial charge in [-0.2, -0.15) is 13.2 Å². The number of likely N-dealkylation sites (tertiary alicyclic amines) is 1. The number of nitrogens with two attached hydrogens (primary N) is 1. The fraction of sp³-hybridized carbons (Fsp3) is 0.619. The predicted octanol–water partition coefficient (Wildman–Crippen LogP) is 3.91. The third kappa shape index (κ3) is 6.24. The van der Waals surface area contributed by atoms with E-state index in [1.807, 2.05) is 6.92 Å². The minimum absolute atomic E-state index is 0. The van der Waals surface area contributed by atoms with E-state index >= 15 is 0 Å². The van der Waals surface area contributed by atoms with Crippen LogP contribution in [0.1, 0.15) is 50.2 Å². The highest BCUT2D eigenvalue weighted by Gasteiger charge is 2.45. The lowest BCUT2D eigenvalue weighted by molar-refractivity contribution is -0.137. The molecule has 1 aromatic carbocycles. The lowest BCUT2D eigenvalue weighted by atomic mass is 9.94. The van der Waals surface area contributed by atoms with E-state index in [4.69, 9.17) is 10.7 Å². The summed E-state index contributed by atoms with van der Waals surface area (Å²) >= 11 is 0. The maximum absolute atomic E-state index is 13.1. The van der Waals surface area contributed by atoms with Crippen molar-refractivity contribution in [1.82, 2.24) is 10.2 Å². The molecule has 1 aliphatic heterocycles. The van der Waals surface area contributed by atoms with Gasteiger partial charge in [0.2, 0.25) is 5.91 Å². The van der Waals surface area contributed by atoms with Gasteiger partial charge in [-0.3, -0.25) is 9.79 Å². The number of halogens is 4. The summed E-state index contributed by atoms with van der Waals surface area (Å²) in [5.74, 6) is 0.684. The van der Waals surface area contributed by atoms with Crippen LogP contribution in [0.5, 0.6) is 0 Å². The van der Waals surface area contributed by atoms with Gasteiger partial charge in [-0.25, -0.2) is 0 Å². The largest absolute Gasteiger partial charge is 0.416 e. The summed E-state index contributed by atoms with van der Waals surface area (Å²) in [6.45, 7) is 4.70. The van der Waals surface area contributed by atoms with Crippen molar-refractivity contribution >= 4 is 35.8 Å². The van der Waals surface area contributed by atoms with E-state index in [-0.39, 0.29) is 41.2 Å². The van der Waals surface area contributed by atoms with E-state index < -0.39 is 11.7 Å². The van der Waals surface area contributed by atoms with Gasteiger partial charge >= 0.3 is 6.18 Å². The molecule has 1 saturated carbocycles. The highest BCUT2D eigenvalue weighted by molar-refractivity contribution is 14.0. The molecule has 1 amide bonds. The zero-order valence-corrected chi connectivity index (χ0v) is 19.5. The Morgan fingerprint density at radius 1 is 1.37 bits per heavy atom. The van der Waals surface area contributed by atoms with Gasteiger partial charge in [0.05, 0.1) is 12.1 Å². The Hall–Kier alpha value is -1.52. The number of carbonyl (C=O) groups excluding carboxylic acids is 1. The Bertz CT molecular complexity index is 765. The topological polar surface area (TPSA) is 70.7 Å². The second-order valence-electron chi connectivity index (χ2n) is 8.15. The minimum atomic E-state index is -4.34. The Morgan fingerprint density at radius 3 is 2.70 bits per heavy atom. The monoisotopic (exact) mass is 538 g/mol. The van der Waals surface area contributed by atoms with Crippen LogP contribution in [0, 0.1) is 5.92 Å². The number of guanidine groups is 1. The minimum Gasteiger partial charge on any atom is -0.370 e. The second kappa shape index (κ2) is 10.2. The van der Waals surface area contributed by atoms with E-state index in [0.29, 0.717) is 31.6 Å². The molecule has 1 aliphatic carbocycles. The van der Waals surface area contributed by atoms with Crippen molar-refractivity contribution in [1.29, 1.82) is 0 Å². The zero-order valence-electron chi connectivity index (χ0n) is 17.2. The van der Waals surface area contributed by atoms with Gasteiger partial charge in [-0.1, -0.05) is 18.2 Å². The number of carbonyl (C=O) groups is 1. The molecule has 0 spiro atoms. The van der Waals surface area contributed by atoms with Crippen LogP contribution in [0.4, 0.5) is 13.2 Å². The molecule has 1 saturated heterocycles. The highest BCUT2D eigenvalue weighted by Crippen LogP contribution is 2.49. The van der Waals surface area contributed by atoms with Crippen molar-refractivity contribution in [2.24, 2.45) is 16.6 Å². The Morgan fingerprint density at radius 2 is 2.10 bits per heavy atom. The second-order valence-corrected chi connectivity index (χ2v) is 8.15. The van der Waals surface area contributed by atoms with Gasteiger partial charge in [0, 0.05) is 31.5 Å². The number of piperidine rings is 1. The molecule has 3 rings (SSSR count). The maximum atomic E-state index is 13.1. The van der Waals surface area contributed by atoms with E-state index in [2.05, 4.69) is 10.2 Å². The first-order valence-corrected chi connectivity index (χ1v) is 10.2. The number of hydrogen-bond donors (Lipinski definition) is 2. The third-order valence-electron chi connectivity index (χ3n) is 5.83. The molecule has 1 heterocycles. The fourth-order valence-corrected chi connectivity index (χ4v) is 4.07. The van der Waals surface area contributed by atoms with Crippen LogP contribution in [0.3, 0.4) is 0 Å². The normalized spacial score (nSPS) is 21.0. The number of alkyl halides is 3. The van der Waals surface area contributed by atoms with Gasteiger partial charge in [-0.15, -0.1) is 24.0 Å². The molecule has 0 radical (unpaired) electrons. The molecule has 0 aromatic heterocycles. The predicted molar refractivity (Wildman–Crippen MR) is 122 cm³/mol. The first kappa shape index (κ1) is 24.7. The van der Waals surface area contributed by atoms with Crippen molar-refractivity contribution in [3.05, 3.63) is 35.4 Å². The molecule has 2 aliphatic rings. The molecule has 1 aromatic rings. The van der Waals surface area contributed by atoms with E-state index in [1.165, 1.54) is 12.1 Å². The Balaban J connectivity index is 0.00000320. The average Bonchev–Trinajstić information content (AvgIpc) is 3.45. The number of hydrogen-bond acceptors (Lipinski definition) is 2. The molecule has 168 valence electrons. The van der Waals surface area contributed by atoms with Gasteiger partial charge in [0.15, 0.2) is 5.96 Å². The van der Waals surface area contributed by atoms with Crippen LogP contribution in [-0.2, 0) is 16.4 Å². The summed E-state index contributed by atoms with van der Waals surface area (Å²) in [6, 6.07) is 5.62. The molecular weight excluding hydrogens is 508 g/mol. The van der Waals surface area contributed by atoms with Crippen molar-refractivity contribution in [2.75, 3.05) is 26.2 Å². The van der Waals surface area contributed by atoms with E-state index in [0.717, 1.165) is 44.3 Å². The number of nitrogens with one attached hydrogen (secondary N) is 1. The first-order valence-electron chi connectivity index (χ1n) is 10.2. The molecule has 2 fully saturated rings. The molecule has 0 bridgehead atoms. The number of rotatable bonds is 6. The summed E-state index contributed by atoms with van der Waals surface area (Å²) in [4.78, 5) is 18.2. The lowest BCUT2D eigenvalue weighted by Crippen LogP contribution is -2.47. The van der Waals surface area contributed by atoms with Crippen LogP contribution in [-0.4, -0.2) is 42.9 Å². The molecular formula is C21H30F3IN4O. The summed E-state index contributed by atoms with van der Waals surface area (Å²) in [6.07, 6.45) is -0.380. The van der Waals surface area contributed by atoms with Gasteiger partial charge in [0.1, 0.15) is 0 Å². The third-order valence-corrected chi connectivity index (χ3v) is 5.83. The average molecular weight is 538 g/mol. The number of benzene rings is 1. The SMILES string of the molecule is CCNC(=NCC1(c2cccc(C(F)(F)F)c2)CC1)N1CCCC(CC(N)=O)C1.I. The first-order chi connectivity index (χ1) is 13.7. The molecule has 9 heteroatoms. The number of primary amides is 1. The smallest absolute Gasteiger partial charge is 0.370 e. The molecule has 1 atom stereocenters. The van der Waals surface area contributed by atoms with E-state index in [9.17, 15) is 18.0 Å². The van der Waals surface area contributed by atoms with Crippen molar-refractivity contribution < 1.29 is 18.0 Å². The quantitative estimate of drug-likeness (QED) is 0.328.